The summed E-state index contributed by atoms with van der Waals surface area (Å²) in [5.74, 6) is -0.714. The van der Waals surface area contributed by atoms with Gasteiger partial charge in [-0.1, -0.05) is 0 Å². The highest BCUT2D eigenvalue weighted by Gasteiger charge is 2.10. The number of nitrogens with zero attached hydrogens (tertiary/aromatic N) is 1. The molecule has 0 bridgehead atoms. The Hall–Kier alpha value is -1.62. The Labute approximate surface area is 94.0 Å². The molecule has 1 heterocycles. The first-order valence-corrected chi connectivity index (χ1v) is 5.13. The highest BCUT2D eigenvalue weighted by Crippen LogP contribution is 2.16. The van der Waals surface area contributed by atoms with Crippen molar-refractivity contribution in [1.29, 1.82) is 0 Å². The average molecular weight is 225 g/mol. The predicted octanol–water partition coefficient (Wildman–Crippen LogP) is 1.59. The molecule has 1 N–H and O–H groups in total. The lowest BCUT2D eigenvalue weighted by atomic mass is 10.2. The Morgan fingerprint density at radius 2 is 2.31 bits per heavy atom. The maximum atomic E-state index is 10.8. The van der Waals surface area contributed by atoms with Crippen LogP contribution in [0.4, 0.5) is 0 Å². The van der Waals surface area contributed by atoms with Crippen LogP contribution in [0.1, 0.15) is 23.7 Å². The molecular weight excluding hydrogens is 210 g/mol. The monoisotopic (exact) mass is 225 g/mol. The van der Waals surface area contributed by atoms with Crippen molar-refractivity contribution in [3.05, 3.63) is 24.0 Å². The van der Waals surface area contributed by atoms with Crippen molar-refractivity contribution in [2.75, 3.05) is 19.8 Å². The summed E-state index contributed by atoms with van der Waals surface area (Å²) in [6, 6.07) is 1.42. The van der Waals surface area contributed by atoms with Gasteiger partial charge in [0.15, 0.2) is 5.75 Å². The van der Waals surface area contributed by atoms with Crippen LogP contribution in [0.2, 0.25) is 0 Å². The van der Waals surface area contributed by atoms with Crippen LogP contribution in [-0.4, -0.2) is 35.9 Å². The van der Waals surface area contributed by atoms with Gasteiger partial charge in [0.2, 0.25) is 0 Å². The second-order valence-corrected chi connectivity index (χ2v) is 3.08. The third kappa shape index (κ3) is 3.86. The molecule has 0 radical (unpaired) electrons. The summed E-state index contributed by atoms with van der Waals surface area (Å²) in [5.41, 5.74) is 0.131. The van der Waals surface area contributed by atoms with Gasteiger partial charge < -0.3 is 14.6 Å². The molecule has 88 valence electrons. The average Bonchev–Trinajstić information content (AvgIpc) is 2.29. The molecule has 1 aromatic rings. The van der Waals surface area contributed by atoms with Gasteiger partial charge >= 0.3 is 5.97 Å². The maximum Gasteiger partial charge on any atom is 0.339 e. The van der Waals surface area contributed by atoms with E-state index >= 15 is 0 Å². The first-order chi connectivity index (χ1) is 7.75. The van der Waals surface area contributed by atoms with Crippen LogP contribution >= 0.6 is 0 Å². The van der Waals surface area contributed by atoms with Crippen molar-refractivity contribution in [2.45, 2.75) is 13.3 Å². The van der Waals surface area contributed by atoms with Gasteiger partial charge in [-0.25, -0.2) is 4.79 Å². The number of carboxylic acids is 1. The maximum absolute atomic E-state index is 10.8. The molecule has 5 heteroatoms. The van der Waals surface area contributed by atoms with Gasteiger partial charge in [0.1, 0.15) is 5.56 Å². The summed E-state index contributed by atoms with van der Waals surface area (Å²) in [5, 5.41) is 8.87. The van der Waals surface area contributed by atoms with E-state index in [9.17, 15) is 4.79 Å². The van der Waals surface area contributed by atoms with Gasteiger partial charge in [0.05, 0.1) is 12.8 Å². The fourth-order valence-electron chi connectivity index (χ4n) is 1.16. The minimum absolute atomic E-state index is 0.131. The van der Waals surface area contributed by atoms with E-state index in [1.165, 1.54) is 18.5 Å². The summed E-state index contributed by atoms with van der Waals surface area (Å²) in [6.07, 6.45) is 3.56. The smallest absolute Gasteiger partial charge is 0.339 e. The Bertz CT molecular complexity index is 341. The van der Waals surface area contributed by atoms with E-state index in [0.29, 0.717) is 25.6 Å². The summed E-state index contributed by atoms with van der Waals surface area (Å²) < 4.78 is 10.5. The normalized spacial score (nSPS) is 10.1. The minimum Gasteiger partial charge on any atom is -0.491 e. The van der Waals surface area contributed by atoms with Crippen molar-refractivity contribution in [1.82, 2.24) is 4.98 Å². The highest BCUT2D eigenvalue weighted by molar-refractivity contribution is 5.90. The molecule has 0 aromatic carbocycles. The molecule has 5 nitrogen and oxygen atoms in total. The largest absolute Gasteiger partial charge is 0.491 e. The van der Waals surface area contributed by atoms with E-state index in [2.05, 4.69) is 4.98 Å². The molecule has 0 fully saturated rings. The summed E-state index contributed by atoms with van der Waals surface area (Å²) >= 11 is 0. The Morgan fingerprint density at radius 1 is 1.50 bits per heavy atom. The lowest BCUT2D eigenvalue weighted by Crippen LogP contribution is -2.07. The summed E-state index contributed by atoms with van der Waals surface area (Å²) in [7, 11) is 0. The molecule has 0 aliphatic heterocycles. The third-order valence-corrected chi connectivity index (χ3v) is 1.91. The Balaban J connectivity index is 2.44. The van der Waals surface area contributed by atoms with Crippen molar-refractivity contribution in [3.8, 4) is 5.75 Å². The van der Waals surface area contributed by atoms with Gasteiger partial charge in [0, 0.05) is 25.8 Å². The third-order valence-electron chi connectivity index (χ3n) is 1.91. The van der Waals surface area contributed by atoms with Crippen molar-refractivity contribution in [3.63, 3.8) is 0 Å². The van der Waals surface area contributed by atoms with Crippen LogP contribution < -0.4 is 4.74 Å². The van der Waals surface area contributed by atoms with Gasteiger partial charge in [-0.15, -0.1) is 0 Å². The lowest BCUT2D eigenvalue weighted by Gasteiger charge is -2.07. The van der Waals surface area contributed by atoms with Crippen LogP contribution in [0.15, 0.2) is 18.5 Å². The number of carbonyl (C=O) groups is 1. The van der Waals surface area contributed by atoms with Gasteiger partial charge in [-0.05, 0) is 13.0 Å². The Kier molecular flexibility index (Phi) is 5.28. The van der Waals surface area contributed by atoms with Gasteiger partial charge in [0.25, 0.3) is 0 Å². The van der Waals surface area contributed by atoms with Crippen LogP contribution in [0, 0.1) is 0 Å². The van der Waals surface area contributed by atoms with Crippen LogP contribution in [0.25, 0.3) is 0 Å². The van der Waals surface area contributed by atoms with Crippen molar-refractivity contribution >= 4 is 5.97 Å². The van der Waals surface area contributed by atoms with E-state index in [-0.39, 0.29) is 5.56 Å². The number of carboxylic acid groups (broad SMARTS) is 1. The number of ether oxygens (including phenoxy) is 2. The predicted molar refractivity (Wildman–Crippen MR) is 57.8 cm³/mol. The van der Waals surface area contributed by atoms with E-state index < -0.39 is 5.97 Å². The van der Waals surface area contributed by atoms with Crippen molar-refractivity contribution in [2.24, 2.45) is 0 Å². The molecule has 16 heavy (non-hydrogen) atoms. The minimum atomic E-state index is -1.01. The molecule has 0 amide bonds. The quantitative estimate of drug-likeness (QED) is 0.713. The number of pyridine rings is 1. The van der Waals surface area contributed by atoms with E-state index in [1.807, 2.05) is 6.92 Å². The number of aromatic nitrogens is 1. The molecule has 0 spiro atoms. The van der Waals surface area contributed by atoms with Crippen LogP contribution in [0.5, 0.6) is 5.75 Å². The molecule has 1 rings (SSSR count). The Morgan fingerprint density at radius 3 is 3.00 bits per heavy atom. The second-order valence-electron chi connectivity index (χ2n) is 3.08. The van der Waals surface area contributed by atoms with E-state index in [4.69, 9.17) is 14.6 Å². The molecule has 0 unspecified atom stereocenters. The molecule has 0 atom stereocenters. The molecule has 0 aliphatic rings. The SMILES string of the molecule is CCOCCCOc1cnccc1C(=O)O. The number of rotatable bonds is 7. The topological polar surface area (TPSA) is 68.7 Å². The first-order valence-electron chi connectivity index (χ1n) is 5.13. The standard InChI is InChI=1S/C11H15NO4/c1-2-15-6-3-7-16-10-8-12-5-4-9(10)11(13)14/h4-5,8H,2-3,6-7H2,1H3,(H,13,14). The molecule has 0 saturated carbocycles. The fraction of sp³-hybridized carbons (Fsp3) is 0.455. The summed E-state index contributed by atoms with van der Waals surface area (Å²) in [6.45, 7) is 3.63. The van der Waals surface area contributed by atoms with Gasteiger partial charge in [-0.2, -0.15) is 0 Å². The zero-order valence-electron chi connectivity index (χ0n) is 9.18. The van der Waals surface area contributed by atoms with E-state index in [0.717, 1.165) is 6.42 Å². The molecule has 0 aliphatic carbocycles. The first kappa shape index (κ1) is 12.4. The number of aromatic carboxylic acids is 1. The molecule has 1 aromatic heterocycles. The van der Waals surface area contributed by atoms with Crippen molar-refractivity contribution < 1.29 is 19.4 Å². The molecular formula is C11H15NO4. The lowest BCUT2D eigenvalue weighted by molar-refractivity contribution is 0.0691. The van der Waals surface area contributed by atoms with Gasteiger partial charge in [-0.3, -0.25) is 4.98 Å². The highest BCUT2D eigenvalue weighted by atomic mass is 16.5. The number of hydrogen-bond donors (Lipinski definition) is 1. The number of hydrogen-bond acceptors (Lipinski definition) is 4. The molecule has 0 saturated heterocycles. The fourth-order valence-corrected chi connectivity index (χ4v) is 1.16. The zero-order chi connectivity index (χ0) is 11.8. The van der Waals surface area contributed by atoms with Crippen LogP contribution in [0.3, 0.4) is 0 Å². The van der Waals surface area contributed by atoms with E-state index in [1.54, 1.807) is 0 Å². The zero-order valence-corrected chi connectivity index (χ0v) is 9.18. The van der Waals surface area contributed by atoms with Crippen LogP contribution in [-0.2, 0) is 4.74 Å². The second kappa shape index (κ2) is 6.79. The summed E-state index contributed by atoms with van der Waals surface area (Å²) in [4.78, 5) is 14.6.